The Bertz CT molecular complexity index is 741. The maximum Gasteiger partial charge on any atom is 0.337 e. The molecule has 3 rings (SSSR count). The van der Waals surface area contributed by atoms with Gasteiger partial charge in [0.05, 0.1) is 25.2 Å². The molecule has 5 heteroatoms. The maximum absolute atomic E-state index is 12.6. The Balaban J connectivity index is 1.79. The highest BCUT2D eigenvalue weighted by Crippen LogP contribution is 2.34. The lowest BCUT2D eigenvalue weighted by Crippen LogP contribution is -2.26. The molecular weight excluding hydrogens is 294 g/mol. The van der Waals surface area contributed by atoms with E-state index in [0.717, 1.165) is 11.3 Å². The Morgan fingerprint density at radius 3 is 2.83 bits per heavy atom. The van der Waals surface area contributed by atoms with E-state index >= 15 is 0 Å². The minimum absolute atomic E-state index is 0.109. The highest BCUT2D eigenvalue weighted by atomic mass is 16.5. The summed E-state index contributed by atoms with van der Waals surface area (Å²) in [6.45, 7) is 0.511. The summed E-state index contributed by atoms with van der Waals surface area (Å²) in [4.78, 5) is 24.2. The van der Waals surface area contributed by atoms with Crippen LogP contribution in [0.15, 0.2) is 48.5 Å². The van der Waals surface area contributed by atoms with Gasteiger partial charge in [-0.3, -0.25) is 4.79 Å². The second-order valence-corrected chi connectivity index (χ2v) is 5.29. The fraction of sp³-hybridized carbons (Fsp3) is 0.222. The Morgan fingerprint density at radius 1 is 1.17 bits per heavy atom. The van der Waals surface area contributed by atoms with Crippen molar-refractivity contribution in [3.8, 4) is 5.75 Å². The molecule has 0 fully saturated rings. The predicted octanol–water partition coefficient (Wildman–Crippen LogP) is 2.98. The SMILES string of the molecule is COC(=O)c1cccc(NC(=O)C2CCOc3ccccc32)c1. The van der Waals surface area contributed by atoms with Gasteiger partial charge in [-0.25, -0.2) is 4.79 Å². The maximum atomic E-state index is 12.6. The molecule has 1 amide bonds. The van der Waals surface area contributed by atoms with Crippen molar-refractivity contribution in [2.24, 2.45) is 0 Å². The summed E-state index contributed by atoms with van der Waals surface area (Å²) in [5, 5.41) is 2.87. The highest BCUT2D eigenvalue weighted by molar-refractivity contribution is 5.98. The van der Waals surface area contributed by atoms with Gasteiger partial charge < -0.3 is 14.8 Å². The van der Waals surface area contributed by atoms with E-state index in [1.807, 2.05) is 24.3 Å². The van der Waals surface area contributed by atoms with Crippen molar-refractivity contribution in [3.05, 3.63) is 59.7 Å². The van der Waals surface area contributed by atoms with Crippen LogP contribution in [0.5, 0.6) is 5.75 Å². The number of esters is 1. The molecule has 0 aromatic heterocycles. The molecule has 118 valence electrons. The second kappa shape index (κ2) is 6.52. The van der Waals surface area contributed by atoms with Gasteiger partial charge >= 0.3 is 5.97 Å². The zero-order valence-electron chi connectivity index (χ0n) is 12.7. The fourth-order valence-corrected chi connectivity index (χ4v) is 2.69. The summed E-state index contributed by atoms with van der Waals surface area (Å²) in [7, 11) is 1.33. The highest BCUT2D eigenvalue weighted by Gasteiger charge is 2.27. The minimum atomic E-state index is -0.433. The molecule has 2 aromatic rings. The van der Waals surface area contributed by atoms with Crippen molar-refractivity contribution < 1.29 is 19.1 Å². The number of carbonyl (C=O) groups is 2. The summed E-state index contributed by atoms with van der Waals surface area (Å²) >= 11 is 0. The van der Waals surface area contributed by atoms with Crippen molar-refractivity contribution in [2.75, 3.05) is 19.0 Å². The van der Waals surface area contributed by atoms with Crippen molar-refractivity contribution in [1.82, 2.24) is 0 Å². The Kier molecular flexibility index (Phi) is 4.28. The van der Waals surface area contributed by atoms with E-state index in [-0.39, 0.29) is 11.8 Å². The molecule has 23 heavy (non-hydrogen) atoms. The van der Waals surface area contributed by atoms with E-state index in [4.69, 9.17) is 9.47 Å². The topological polar surface area (TPSA) is 64.6 Å². The standard InChI is InChI=1S/C18H17NO4/c1-22-18(21)12-5-4-6-13(11-12)19-17(20)15-9-10-23-16-8-3-2-7-14(15)16/h2-8,11,15H,9-10H2,1H3,(H,19,20). The summed E-state index contributed by atoms with van der Waals surface area (Å²) in [6, 6.07) is 14.3. The van der Waals surface area contributed by atoms with Crippen LogP contribution in [-0.4, -0.2) is 25.6 Å². The number of ether oxygens (including phenoxy) is 2. The van der Waals surface area contributed by atoms with Crippen LogP contribution in [-0.2, 0) is 9.53 Å². The molecule has 0 saturated heterocycles. The first kappa shape index (κ1) is 15.1. The van der Waals surface area contributed by atoms with Gasteiger partial charge in [0.25, 0.3) is 0 Å². The number of rotatable bonds is 3. The zero-order chi connectivity index (χ0) is 16.2. The van der Waals surface area contributed by atoms with E-state index in [2.05, 4.69) is 5.32 Å². The van der Waals surface area contributed by atoms with Gasteiger partial charge in [0.15, 0.2) is 0 Å². The molecule has 1 aliphatic rings. The molecule has 1 unspecified atom stereocenters. The van der Waals surface area contributed by atoms with Crippen LogP contribution in [0, 0.1) is 0 Å². The van der Waals surface area contributed by atoms with Gasteiger partial charge in [0.1, 0.15) is 5.75 Å². The average molecular weight is 311 g/mol. The van der Waals surface area contributed by atoms with Gasteiger partial charge in [-0.1, -0.05) is 24.3 Å². The average Bonchev–Trinajstić information content (AvgIpc) is 2.60. The van der Waals surface area contributed by atoms with Crippen molar-refractivity contribution in [2.45, 2.75) is 12.3 Å². The first-order valence-electron chi connectivity index (χ1n) is 7.40. The van der Waals surface area contributed by atoms with Crippen LogP contribution in [0.3, 0.4) is 0 Å². The van der Waals surface area contributed by atoms with Crippen LogP contribution in [0.1, 0.15) is 28.3 Å². The summed E-state index contributed by atoms with van der Waals surface area (Å²) in [6.07, 6.45) is 0.625. The third-order valence-electron chi connectivity index (χ3n) is 3.83. The Hall–Kier alpha value is -2.82. The Morgan fingerprint density at radius 2 is 2.00 bits per heavy atom. The Labute approximate surface area is 134 Å². The number of methoxy groups -OCH3 is 1. The van der Waals surface area contributed by atoms with Gasteiger partial charge in [-0.2, -0.15) is 0 Å². The molecule has 0 spiro atoms. The number of hydrogen-bond donors (Lipinski definition) is 1. The van der Waals surface area contributed by atoms with Crippen molar-refractivity contribution in [3.63, 3.8) is 0 Å². The zero-order valence-corrected chi connectivity index (χ0v) is 12.7. The number of benzene rings is 2. The quantitative estimate of drug-likeness (QED) is 0.885. The molecule has 2 aromatic carbocycles. The van der Waals surface area contributed by atoms with Gasteiger partial charge in [-0.05, 0) is 30.7 Å². The summed E-state index contributed by atoms with van der Waals surface area (Å²) < 4.78 is 10.3. The molecule has 1 aliphatic heterocycles. The van der Waals surface area contributed by atoms with Crippen LogP contribution in [0.2, 0.25) is 0 Å². The van der Waals surface area contributed by atoms with Gasteiger partial charge in [-0.15, -0.1) is 0 Å². The third-order valence-corrected chi connectivity index (χ3v) is 3.83. The molecule has 0 saturated carbocycles. The molecule has 1 N–H and O–H groups in total. The van der Waals surface area contributed by atoms with Crippen molar-refractivity contribution in [1.29, 1.82) is 0 Å². The summed E-state index contributed by atoms with van der Waals surface area (Å²) in [5.41, 5.74) is 1.86. The number of para-hydroxylation sites is 1. The largest absolute Gasteiger partial charge is 0.493 e. The molecular formula is C18H17NO4. The van der Waals surface area contributed by atoms with Crippen LogP contribution in [0.25, 0.3) is 0 Å². The normalized spacial score (nSPS) is 16.0. The lowest BCUT2D eigenvalue weighted by molar-refractivity contribution is -0.118. The second-order valence-electron chi connectivity index (χ2n) is 5.29. The molecule has 1 atom stereocenters. The number of hydrogen-bond acceptors (Lipinski definition) is 4. The lowest BCUT2D eigenvalue weighted by atomic mass is 9.92. The van der Waals surface area contributed by atoms with Gasteiger partial charge in [0, 0.05) is 11.3 Å². The first-order valence-corrected chi connectivity index (χ1v) is 7.40. The fourth-order valence-electron chi connectivity index (χ4n) is 2.69. The smallest absolute Gasteiger partial charge is 0.337 e. The number of amides is 1. The van der Waals surface area contributed by atoms with E-state index in [1.54, 1.807) is 24.3 Å². The number of anilines is 1. The van der Waals surface area contributed by atoms with Crippen LogP contribution in [0.4, 0.5) is 5.69 Å². The van der Waals surface area contributed by atoms with Crippen LogP contribution >= 0.6 is 0 Å². The van der Waals surface area contributed by atoms with E-state index in [9.17, 15) is 9.59 Å². The minimum Gasteiger partial charge on any atom is -0.493 e. The summed E-state index contributed by atoms with van der Waals surface area (Å²) in [5.74, 6) is -0.0516. The molecule has 1 heterocycles. The number of fused-ring (bicyclic) bond motifs is 1. The van der Waals surface area contributed by atoms with E-state index in [1.165, 1.54) is 7.11 Å². The molecule has 0 aliphatic carbocycles. The molecule has 0 bridgehead atoms. The van der Waals surface area contributed by atoms with E-state index < -0.39 is 5.97 Å². The monoisotopic (exact) mass is 311 g/mol. The third kappa shape index (κ3) is 3.18. The van der Waals surface area contributed by atoms with E-state index in [0.29, 0.717) is 24.3 Å². The number of carbonyl (C=O) groups excluding carboxylic acids is 2. The lowest BCUT2D eigenvalue weighted by Gasteiger charge is -2.25. The molecule has 0 radical (unpaired) electrons. The first-order chi connectivity index (χ1) is 11.2. The number of nitrogens with one attached hydrogen (secondary N) is 1. The van der Waals surface area contributed by atoms with Crippen molar-refractivity contribution >= 4 is 17.6 Å². The molecule has 5 nitrogen and oxygen atoms in total. The van der Waals surface area contributed by atoms with Crippen LogP contribution < -0.4 is 10.1 Å². The predicted molar refractivity (Wildman–Crippen MR) is 85.7 cm³/mol. The van der Waals surface area contributed by atoms with Gasteiger partial charge in [0.2, 0.25) is 5.91 Å².